The van der Waals surface area contributed by atoms with Crippen molar-refractivity contribution in [1.29, 1.82) is 0 Å². The smallest absolute Gasteiger partial charge is 0.261 e. The molecule has 1 aliphatic heterocycles. The van der Waals surface area contributed by atoms with Gasteiger partial charge in [0.15, 0.2) is 0 Å². The number of hydrogen-bond donors (Lipinski definition) is 1. The molecule has 1 heterocycles. The van der Waals surface area contributed by atoms with E-state index >= 15 is 0 Å². The van der Waals surface area contributed by atoms with Gasteiger partial charge in [-0.1, -0.05) is 81.4 Å². The summed E-state index contributed by atoms with van der Waals surface area (Å²) in [7, 11) is -2.66. The number of carbonyl (C=O) groups is 2. The van der Waals surface area contributed by atoms with Crippen LogP contribution in [0.1, 0.15) is 38.3 Å². The molecule has 39 heavy (non-hydrogen) atoms. The van der Waals surface area contributed by atoms with Crippen LogP contribution in [0.15, 0.2) is 72.8 Å². The molecule has 5 rings (SSSR count). The molecule has 2 aliphatic rings. The molecule has 0 saturated carbocycles. The molecule has 1 N–H and O–H groups in total. The molecule has 1 amide bonds. The molecule has 1 saturated heterocycles. The van der Waals surface area contributed by atoms with Crippen molar-refractivity contribution in [3.63, 3.8) is 0 Å². The maximum atomic E-state index is 14.6. The van der Waals surface area contributed by atoms with Crippen molar-refractivity contribution < 1.29 is 18.4 Å². The molecule has 204 valence electrons. The van der Waals surface area contributed by atoms with Gasteiger partial charge in [0.2, 0.25) is 5.91 Å². The lowest BCUT2D eigenvalue weighted by atomic mass is 10.1. The zero-order chi connectivity index (χ0) is 27.6. The lowest BCUT2D eigenvalue weighted by Gasteiger charge is -2.44. The molecule has 1 unspecified atom stereocenters. The topological polar surface area (TPSA) is 58.6 Å². The highest BCUT2D eigenvalue weighted by Crippen LogP contribution is 2.38. The summed E-state index contributed by atoms with van der Waals surface area (Å²) >= 11 is 0. The van der Waals surface area contributed by atoms with Gasteiger partial charge in [0.1, 0.15) is 12.1 Å². The molecular weight excluding hydrogens is 507 g/mol. The summed E-state index contributed by atoms with van der Waals surface area (Å²) < 4.78 is 21.9. The maximum Gasteiger partial charge on any atom is 0.261 e. The van der Waals surface area contributed by atoms with E-state index in [-0.39, 0.29) is 35.3 Å². The van der Waals surface area contributed by atoms with Crippen LogP contribution in [-0.2, 0) is 26.9 Å². The number of likely N-dealkylation sites (tertiary alicyclic amines) is 1. The van der Waals surface area contributed by atoms with Gasteiger partial charge in [-0.2, -0.15) is 0 Å². The Bertz CT molecular complexity index is 1290. The molecule has 3 aromatic rings. The summed E-state index contributed by atoms with van der Waals surface area (Å²) in [6.45, 7) is 8.45. The summed E-state index contributed by atoms with van der Waals surface area (Å²) in [5, 5.41) is 5.25. The van der Waals surface area contributed by atoms with E-state index in [1.165, 1.54) is 16.4 Å². The molecule has 2 atom stereocenters. The lowest BCUT2D eigenvalue weighted by molar-refractivity contribution is -0.117. The molecule has 0 aromatic heterocycles. The first-order valence-electron chi connectivity index (χ1n) is 13.8. The molecule has 5 nitrogen and oxygen atoms in total. The van der Waals surface area contributed by atoms with Crippen LogP contribution in [0.3, 0.4) is 0 Å². The van der Waals surface area contributed by atoms with E-state index in [2.05, 4.69) is 79.5 Å². The first-order valence-corrected chi connectivity index (χ1v) is 15.7. The van der Waals surface area contributed by atoms with E-state index < -0.39 is 8.32 Å². The van der Waals surface area contributed by atoms with Crippen LogP contribution >= 0.6 is 0 Å². The third-order valence-electron chi connectivity index (χ3n) is 8.07. The number of nitrogens with zero attached hydrogens (tertiary/aromatic N) is 1. The Morgan fingerprint density at radius 2 is 1.69 bits per heavy atom. The van der Waals surface area contributed by atoms with Crippen LogP contribution in [0.5, 0.6) is 0 Å². The first-order chi connectivity index (χ1) is 18.7. The Labute approximate surface area is 231 Å². The fourth-order valence-electron chi connectivity index (χ4n) is 6.27. The van der Waals surface area contributed by atoms with Crippen LogP contribution < -0.4 is 15.7 Å². The van der Waals surface area contributed by atoms with E-state index in [9.17, 15) is 14.0 Å². The third kappa shape index (κ3) is 5.62. The summed E-state index contributed by atoms with van der Waals surface area (Å²) in [6.07, 6.45) is 2.68. The van der Waals surface area contributed by atoms with Crippen LogP contribution in [0.25, 0.3) is 0 Å². The minimum atomic E-state index is -2.66. The van der Waals surface area contributed by atoms with Crippen molar-refractivity contribution in [3.05, 3.63) is 89.7 Å². The number of halogens is 1. The number of amides is 1. The Hall–Kier alpha value is -3.13. The number of hydrogen-bond acceptors (Lipinski definition) is 4. The van der Waals surface area contributed by atoms with Gasteiger partial charge in [-0.15, -0.1) is 0 Å². The predicted octanol–water partition coefficient (Wildman–Crippen LogP) is 4.33. The fourth-order valence-corrected chi connectivity index (χ4v) is 11.0. The maximum absolute atomic E-state index is 14.6. The van der Waals surface area contributed by atoms with Crippen LogP contribution in [0.2, 0.25) is 5.04 Å². The number of fused-ring (bicyclic) bond motifs is 1. The monoisotopic (exact) mass is 544 g/mol. The zero-order valence-electron chi connectivity index (χ0n) is 23.0. The SMILES string of the molecule is CC(C)(C)[Si](O[C@@H]1CCN(CC(=O)Nc2cc(F)c3c(c2)CC(C=O)C3)C1)(c1ccccc1)c1ccccc1. The highest BCUT2D eigenvalue weighted by molar-refractivity contribution is 6.99. The molecule has 0 bridgehead atoms. The summed E-state index contributed by atoms with van der Waals surface area (Å²) in [5.74, 6) is -0.713. The van der Waals surface area contributed by atoms with E-state index in [1.807, 2.05) is 12.1 Å². The zero-order valence-corrected chi connectivity index (χ0v) is 24.0. The van der Waals surface area contributed by atoms with Gasteiger partial charge in [-0.25, -0.2) is 4.39 Å². The number of benzene rings is 3. The second kappa shape index (κ2) is 11.2. The fraction of sp³-hybridized carbons (Fsp3) is 0.375. The number of nitrogens with one attached hydrogen (secondary N) is 1. The molecule has 1 fully saturated rings. The number of carbonyl (C=O) groups excluding carboxylic acids is 2. The normalized spacial score (nSPS) is 19.6. The number of aldehydes is 1. The van der Waals surface area contributed by atoms with Crippen LogP contribution in [0.4, 0.5) is 10.1 Å². The van der Waals surface area contributed by atoms with Gasteiger partial charge in [0.25, 0.3) is 8.32 Å². The lowest BCUT2D eigenvalue weighted by Crippen LogP contribution is -2.67. The summed E-state index contributed by atoms with van der Waals surface area (Å²) in [4.78, 5) is 26.2. The van der Waals surface area contributed by atoms with Gasteiger partial charge < -0.3 is 14.5 Å². The molecule has 1 aliphatic carbocycles. The molecule has 7 heteroatoms. The van der Waals surface area contributed by atoms with E-state index in [1.54, 1.807) is 6.07 Å². The second-order valence-corrected chi connectivity index (χ2v) is 16.1. The minimum absolute atomic E-state index is 0.00168. The average Bonchev–Trinajstić information content (AvgIpc) is 3.54. The van der Waals surface area contributed by atoms with Gasteiger partial charge >= 0.3 is 0 Å². The van der Waals surface area contributed by atoms with Crippen LogP contribution in [-0.4, -0.2) is 51.1 Å². The van der Waals surface area contributed by atoms with Gasteiger partial charge in [-0.3, -0.25) is 9.69 Å². The van der Waals surface area contributed by atoms with Crippen molar-refractivity contribution in [1.82, 2.24) is 4.90 Å². The average molecular weight is 545 g/mol. The van der Waals surface area contributed by atoms with E-state index in [4.69, 9.17) is 4.43 Å². The van der Waals surface area contributed by atoms with Crippen LogP contribution in [0, 0.1) is 11.7 Å². The van der Waals surface area contributed by atoms with Crippen molar-refractivity contribution in [3.8, 4) is 0 Å². The largest absolute Gasteiger partial charge is 0.403 e. The Morgan fingerprint density at radius 1 is 1.05 bits per heavy atom. The van der Waals surface area contributed by atoms with Crippen molar-refractivity contribution >= 4 is 36.6 Å². The standard InChI is InChI=1S/C32H37FN2O3Si/c1-32(2,3)39(27-10-6-4-7-11-27,28-12-8-5-9-13-28)38-26-14-15-35(20-26)21-31(37)34-25-18-24-16-23(22-36)17-29(24)30(33)19-25/h4-13,18-19,22-23,26H,14-17,20-21H2,1-3H3,(H,34,37)/t23?,26-/m1/s1. The molecular formula is C32H37FN2O3Si. The Morgan fingerprint density at radius 3 is 2.28 bits per heavy atom. The first kappa shape index (κ1) is 27.4. The van der Waals surface area contributed by atoms with Crippen molar-refractivity contribution in [2.24, 2.45) is 5.92 Å². The van der Waals surface area contributed by atoms with Gasteiger partial charge in [-0.05, 0) is 57.9 Å². The molecule has 3 aromatic carbocycles. The molecule has 0 spiro atoms. The number of anilines is 1. The Balaban J connectivity index is 1.29. The predicted molar refractivity (Wildman–Crippen MR) is 156 cm³/mol. The van der Waals surface area contributed by atoms with Gasteiger partial charge in [0.05, 0.1) is 12.6 Å². The summed E-state index contributed by atoms with van der Waals surface area (Å²) in [5.41, 5.74) is 1.84. The van der Waals surface area contributed by atoms with E-state index in [0.717, 1.165) is 24.8 Å². The molecule has 0 radical (unpaired) electrons. The van der Waals surface area contributed by atoms with Gasteiger partial charge in [0, 0.05) is 24.7 Å². The van der Waals surface area contributed by atoms with Crippen molar-refractivity contribution in [2.45, 2.75) is 51.2 Å². The van der Waals surface area contributed by atoms with E-state index in [0.29, 0.717) is 30.6 Å². The van der Waals surface area contributed by atoms with Crippen molar-refractivity contribution in [2.75, 3.05) is 25.0 Å². The number of rotatable bonds is 8. The highest BCUT2D eigenvalue weighted by Gasteiger charge is 2.52. The summed E-state index contributed by atoms with van der Waals surface area (Å²) in [6, 6.07) is 24.4. The third-order valence-corrected chi connectivity index (χ3v) is 13.2. The highest BCUT2D eigenvalue weighted by atomic mass is 28.4. The quantitative estimate of drug-likeness (QED) is 0.339. The Kier molecular flexibility index (Phi) is 7.85. The second-order valence-electron chi connectivity index (χ2n) is 11.9. The minimum Gasteiger partial charge on any atom is -0.403 e.